The minimum absolute atomic E-state index is 0.169. The zero-order valence-corrected chi connectivity index (χ0v) is 13.5. The summed E-state index contributed by atoms with van der Waals surface area (Å²) in [4.78, 5) is 13.9. The molecule has 2 fully saturated rings. The maximum atomic E-state index is 11.7. The van der Waals surface area contributed by atoms with Gasteiger partial charge in [0.05, 0.1) is 11.5 Å². The first kappa shape index (κ1) is 16.7. The molecule has 7 heteroatoms. The van der Waals surface area contributed by atoms with E-state index in [9.17, 15) is 18.3 Å². The second-order valence-corrected chi connectivity index (χ2v) is 8.51. The monoisotopic (exact) mass is 318 g/mol. The van der Waals surface area contributed by atoms with E-state index in [1.54, 1.807) is 0 Å². The van der Waals surface area contributed by atoms with Crippen molar-refractivity contribution in [3.05, 3.63) is 0 Å². The molecule has 21 heavy (non-hydrogen) atoms. The van der Waals surface area contributed by atoms with Crippen molar-refractivity contribution >= 4 is 15.8 Å². The van der Waals surface area contributed by atoms with Gasteiger partial charge in [0.15, 0.2) is 9.84 Å². The van der Waals surface area contributed by atoms with Gasteiger partial charge in [-0.3, -0.25) is 9.69 Å². The van der Waals surface area contributed by atoms with Crippen molar-refractivity contribution in [2.75, 3.05) is 31.1 Å². The van der Waals surface area contributed by atoms with E-state index in [1.807, 2.05) is 6.92 Å². The van der Waals surface area contributed by atoms with Crippen LogP contribution in [0.25, 0.3) is 0 Å². The first-order chi connectivity index (χ1) is 9.88. The number of rotatable bonds is 4. The Morgan fingerprint density at radius 2 is 2.10 bits per heavy atom. The number of likely N-dealkylation sites (N-methyl/N-ethyl adjacent to an activating group) is 1. The lowest BCUT2D eigenvalue weighted by Crippen LogP contribution is -2.58. The van der Waals surface area contributed by atoms with Crippen LogP contribution in [0.15, 0.2) is 0 Å². The Labute approximate surface area is 126 Å². The normalized spacial score (nSPS) is 34.2. The van der Waals surface area contributed by atoms with Crippen LogP contribution in [-0.4, -0.2) is 67.1 Å². The molecule has 2 rings (SSSR count). The largest absolute Gasteiger partial charge is 0.480 e. The molecule has 1 saturated carbocycles. The van der Waals surface area contributed by atoms with Crippen molar-refractivity contribution < 1.29 is 18.3 Å². The highest BCUT2D eigenvalue weighted by Crippen LogP contribution is 2.32. The maximum absolute atomic E-state index is 11.7. The van der Waals surface area contributed by atoms with Crippen molar-refractivity contribution in [1.82, 2.24) is 10.2 Å². The van der Waals surface area contributed by atoms with Gasteiger partial charge in [-0.25, -0.2) is 8.42 Å². The van der Waals surface area contributed by atoms with Crippen molar-refractivity contribution in [3.8, 4) is 0 Å². The lowest BCUT2D eigenvalue weighted by molar-refractivity contribution is -0.147. The van der Waals surface area contributed by atoms with E-state index in [4.69, 9.17) is 0 Å². The highest BCUT2D eigenvalue weighted by Gasteiger charge is 2.43. The van der Waals surface area contributed by atoms with Crippen molar-refractivity contribution in [1.29, 1.82) is 0 Å². The van der Waals surface area contributed by atoms with Gasteiger partial charge in [-0.05, 0) is 45.2 Å². The van der Waals surface area contributed by atoms with E-state index in [0.717, 1.165) is 19.4 Å². The Balaban J connectivity index is 2.08. The molecule has 1 aliphatic heterocycles. The molecule has 1 heterocycles. The molecule has 0 aromatic heterocycles. The van der Waals surface area contributed by atoms with Gasteiger partial charge in [0, 0.05) is 12.6 Å². The van der Waals surface area contributed by atoms with Crippen LogP contribution in [0.4, 0.5) is 0 Å². The minimum atomic E-state index is -2.92. The van der Waals surface area contributed by atoms with E-state index in [1.165, 1.54) is 0 Å². The molecule has 2 unspecified atom stereocenters. The third-order valence-electron chi connectivity index (χ3n) is 4.76. The summed E-state index contributed by atoms with van der Waals surface area (Å²) in [5.41, 5.74) is -0.844. The number of aliphatic carboxylic acids is 1. The fraction of sp³-hybridized carbons (Fsp3) is 0.929. The van der Waals surface area contributed by atoms with Gasteiger partial charge in [-0.2, -0.15) is 0 Å². The lowest BCUT2D eigenvalue weighted by atomic mass is 9.78. The zero-order valence-electron chi connectivity index (χ0n) is 12.7. The van der Waals surface area contributed by atoms with Crippen LogP contribution in [0.3, 0.4) is 0 Å². The van der Waals surface area contributed by atoms with Crippen molar-refractivity contribution in [2.24, 2.45) is 0 Å². The standard InChI is InChI=1S/C14H26N2O4S/c1-2-15-14(13(17)18)6-3-5-12(11-14)16-7-4-9-21(19,20)10-8-16/h12,15H,2-11H2,1H3,(H,17,18). The molecule has 6 nitrogen and oxygen atoms in total. The smallest absolute Gasteiger partial charge is 0.323 e. The predicted octanol–water partition coefficient (Wildman–Crippen LogP) is 0.482. The fourth-order valence-electron chi connectivity index (χ4n) is 3.65. The van der Waals surface area contributed by atoms with Crippen molar-refractivity contribution in [2.45, 2.75) is 50.6 Å². The Kier molecular flexibility index (Phi) is 5.27. The van der Waals surface area contributed by atoms with E-state index in [0.29, 0.717) is 32.4 Å². The van der Waals surface area contributed by atoms with Crippen molar-refractivity contribution in [3.63, 3.8) is 0 Å². The summed E-state index contributed by atoms with van der Waals surface area (Å²) < 4.78 is 23.4. The Morgan fingerprint density at radius 1 is 1.33 bits per heavy atom. The first-order valence-electron chi connectivity index (χ1n) is 7.81. The number of carboxylic acids is 1. The molecular weight excluding hydrogens is 292 g/mol. The number of nitrogens with one attached hydrogen (secondary N) is 1. The molecule has 0 aromatic rings. The summed E-state index contributed by atoms with van der Waals surface area (Å²) in [6.07, 6.45) is 3.70. The molecule has 1 aliphatic carbocycles. The number of carboxylic acid groups (broad SMARTS) is 1. The van der Waals surface area contributed by atoms with E-state index in [-0.39, 0.29) is 17.5 Å². The van der Waals surface area contributed by atoms with Crippen LogP contribution >= 0.6 is 0 Å². The quantitative estimate of drug-likeness (QED) is 0.784. The van der Waals surface area contributed by atoms with Crippen LogP contribution in [0.1, 0.15) is 39.0 Å². The third-order valence-corrected chi connectivity index (χ3v) is 6.47. The highest BCUT2D eigenvalue weighted by molar-refractivity contribution is 7.91. The molecule has 0 amide bonds. The van der Waals surface area contributed by atoms with E-state index in [2.05, 4.69) is 10.2 Å². The molecule has 2 aliphatic rings. The summed E-state index contributed by atoms with van der Waals surface area (Å²) in [7, 11) is -2.92. The zero-order chi connectivity index (χ0) is 15.5. The summed E-state index contributed by atoms with van der Waals surface area (Å²) in [6.45, 7) is 3.85. The maximum Gasteiger partial charge on any atom is 0.323 e. The van der Waals surface area contributed by atoms with E-state index < -0.39 is 21.3 Å². The number of carbonyl (C=O) groups is 1. The van der Waals surface area contributed by atoms with Crippen LogP contribution in [-0.2, 0) is 14.6 Å². The third kappa shape index (κ3) is 3.96. The molecule has 2 atom stereocenters. The minimum Gasteiger partial charge on any atom is -0.480 e. The van der Waals surface area contributed by atoms with Crippen LogP contribution in [0.5, 0.6) is 0 Å². The number of sulfone groups is 1. The van der Waals surface area contributed by atoms with Gasteiger partial charge in [-0.1, -0.05) is 6.92 Å². The van der Waals surface area contributed by atoms with Gasteiger partial charge in [0.2, 0.25) is 0 Å². The Morgan fingerprint density at radius 3 is 2.76 bits per heavy atom. The topological polar surface area (TPSA) is 86.7 Å². The first-order valence-corrected chi connectivity index (χ1v) is 9.63. The molecule has 1 saturated heterocycles. The summed E-state index contributed by atoms with van der Waals surface area (Å²) in [5.74, 6) is -0.324. The summed E-state index contributed by atoms with van der Waals surface area (Å²) in [5, 5.41) is 12.8. The van der Waals surface area contributed by atoms with Crippen LogP contribution in [0, 0.1) is 0 Å². The molecule has 0 spiro atoms. The van der Waals surface area contributed by atoms with Gasteiger partial charge >= 0.3 is 5.97 Å². The number of nitrogens with zero attached hydrogens (tertiary/aromatic N) is 1. The van der Waals surface area contributed by atoms with Gasteiger partial charge in [0.1, 0.15) is 5.54 Å². The highest BCUT2D eigenvalue weighted by atomic mass is 32.2. The fourth-order valence-corrected chi connectivity index (χ4v) is 4.93. The van der Waals surface area contributed by atoms with Crippen LogP contribution in [0.2, 0.25) is 0 Å². The Bertz CT molecular complexity index is 475. The second kappa shape index (κ2) is 6.62. The molecule has 0 bridgehead atoms. The molecule has 2 N–H and O–H groups in total. The predicted molar refractivity (Wildman–Crippen MR) is 81.1 cm³/mol. The van der Waals surface area contributed by atoms with E-state index >= 15 is 0 Å². The van der Waals surface area contributed by atoms with Gasteiger partial charge < -0.3 is 10.4 Å². The molecule has 122 valence electrons. The van der Waals surface area contributed by atoms with Gasteiger partial charge in [-0.15, -0.1) is 0 Å². The SMILES string of the molecule is CCNC1(C(=O)O)CCCC(N2CCCS(=O)(=O)CC2)C1. The molecular formula is C14H26N2O4S. The van der Waals surface area contributed by atoms with Crippen LogP contribution < -0.4 is 5.32 Å². The Hall–Kier alpha value is -0.660. The average Bonchev–Trinajstić information content (AvgIpc) is 2.60. The summed E-state index contributed by atoms with van der Waals surface area (Å²) in [6, 6.07) is 0.169. The van der Waals surface area contributed by atoms with Gasteiger partial charge in [0.25, 0.3) is 0 Å². The number of hydrogen-bond acceptors (Lipinski definition) is 5. The summed E-state index contributed by atoms with van der Waals surface area (Å²) >= 11 is 0. The number of hydrogen-bond donors (Lipinski definition) is 2. The molecule has 0 aromatic carbocycles. The average molecular weight is 318 g/mol. The lowest BCUT2D eigenvalue weighted by Gasteiger charge is -2.42. The molecule has 0 radical (unpaired) electrons. The second-order valence-electron chi connectivity index (χ2n) is 6.21.